The third-order valence-electron chi connectivity index (χ3n) is 5.18. The number of aromatic nitrogens is 1. The summed E-state index contributed by atoms with van der Waals surface area (Å²) in [5.74, 6) is 1.54. The number of hydrogen-bond donors (Lipinski definition) is 2. The zero-order valence-electron chi connectivity index (χ0n) is 17.6. The summed E-state index contributed by atoms with van der Waals surface area (Å²) in [7, 11) is 1.79. The second-order valence-electron chi connectivity index (χ2n) is 7.31. The lowest BCUT2D eigenvalue weighted by atomic mass is 9.83. The van der Waals surface area contributed by atoms with E-state index in [2.05, 4.69) is 29.5 Å². The van der Waals surface area contributed by atoms with E-state index in [1.165, 1.54) is 25.7 Å². The minimum absolute atomic E-state index is 0. The average Bonchev–Trinajstić information content (AvgIpc) is 3.16. The fraction of sp³-hybridized carbons (Fsp3) is 0.714. The Kier molecular flexibility index (Phi) is 12.5. The summed E-state index contributed by atoms with van der Waals surface area (Å²) in [5.41, 5.74) is 1.34. The number of nitrogens with one attached hydrogen (secondary N) is 2. The Morgan fingerprint density at radius 2 is 2.00 bits per heavy atom. The summed E-state index contributed by atoms with van der Waals surface area (Å²) in [4.78, 5) is 9.12. The summed E-state index contributed by atoms with van der Waals surface area (Å²) >= 11 is 0. The molecule has 0 spiro atoms. The van der Waals surface area contributed by atoms with Gasteiger partial charge < -0.3 is 20.1 Å². The summed E-state index contributed by atoms with van der Waals surface area (Å²) in [6, 6.07) is 3.96. The van der Waals surface area contributed by atoms with Gasteiger partial charge in [-0.1, -0.05) is 25.8 Å². The lowest BCUT2D eigenvalue weighted by Crippen LogP contribution is -2.43. The van der Waals surface area contributed by atoms with Crippen molar-refractivity contribution in [1.29, 1.82) is 0 Å². The number of halogens is 1. The highest BCUT2D eigenvalue weighted by Crippen LogP contribution is 2.40. The number of rotatable bonds is 11. The van der Waals surface area contributed by atoms with Crippen molar-refractivity contribution in [3.05, 3.63) is 23.9 Å². The predicted octanol–water partition coefficient (Wildman–Crippen LogP) is 4.14. The molecule has 160 valence electrons. The van der Waals surface area contributed by atoms with Gasteiger partial charge in [0.2, 0.25) is 5.88 Å². The molecule has 0 unspecified atom stereocenters. The fourth-order valence-electron chi connectivity index (χ4n) is 3.61. The van der Waals surface area contributed by atoms with Gasteiger partial charge in [-0.05, 0) is 44.1 Å². The Hall–Kier alpha value is -1.09. The van der Waals surface area contributed by atoms with E-state index < -0.39 is 0 Å². The van der Waals surface area contributed by atoms with Gasteiger partial charge in [0.25, 0.3) is 0 Å². The summed E-state index contributed by atoms with van der Waals surface area (Å²) in [6.45, 7) is 8.01. The molecule has 28 heavy (non-hydrogen) atoms. The van der Waals surface area contributed by atoms with Crippen LogP contribution in [0.4, 0.5) is 0 Å². The predicted molar refractivity (Wildman–Crippen MR) is 126 cm³/mol. The van der Waals surface area contributed by atoms with E-state index in [9.17, 15) is 0 Å². The van der Waals surface area contributed by atoms with E-state index in [0.717, 1.165) is 44.1 Å². The van der Waals surface area contributed by atoms with Crippen molar-refractivity contribution in [1.82, 2.24) is 15.6 Å². The van der Waals surface area contributed by atoms with Crippen LogP contribution in [0.1, 0.15) is 57.9 Å². The minimum Gasteiger partial charge on any atom is -0.477 e. The van der Waals surface area contributed by atoms with E-state index in [4.69, 9.17) is 14.5 Å². The first kappa shape index (κ1) is 24.9. The molecular formula is C21H37IN4O2. The highest BCUT2D eigenvalue weighted by molar-refractivity contribution is 14.0. The Balaban J connectivity index is 0.00000392. The van der Waals surface area contributed by atoms with Gasteiger partial charge in [0.15, 0.2) is 5.96 Å². The van der Waals surface area contributed by atoms with Gasteiger partial charge in [-0.3, -0.25) is 0 Å². The van der Waals surface area contributed by atoms with E-state index in [1.54, 1.807) is 13.3 Å². The number of aliphatic imine (C=N–C) groups is 1. The van der Waals surface area contributed by atoms with Gasteiger partial charge in [-0.15, -0.1) is 24.0 Å². The monoisotopic (exact) mass is 504 g/mol. The summed E-state index contributed by atoms with van der Waals surface area (Å²) < 4.78 is 11.1. The van der Waals surface area contributed by atoms with E-state index in [1.807, 2.05) is 12.1 Å². The molecule has 0 atom stereocenters. The standard InChI is InChI=1S/C21H36N4O2.HI/c1-4-14-27-19-18(9-8-13-23-19)16-24-20(22-5-2)25-17-21(12-15-26-3)10-6-7-11-21;/h8-9,13H,4-7,10-12,14-17H2,1-3H3,(H2,22,24,25);1H. The van der Waals surface area contributed by atoms with Crippen LogP contribution in [0.2, 0.25) is 0 Å². The van der Waals surface area contributed by atoms with Crippen LogP contribution in [0.15, 0.2) is 23.3 Å². The number of methoxy groups -OCH3 is 1. The van der Waals surface area contributed by atoms with Gasteiger partial charge in [-0.25, -0.2) is 9.98 Å². The maximum Gasteiger partial charge on any atom is 0.218 e. The molecule has 0 amide bonds. The summed E-state index contributed by atoms with van der Waals surface area (Å²) in [6.07, 6.45) is 8.99. The van der Waals surface area contributed by atoms with Gasteiger partial charge >= 0.3 is 0 Å². The summed E-state index contributed by atoms with van der Waals surface area (Å²) in [5, 5.41) is 6.93. The normalized spacial score (nSPS) is 15.8. The van der Waals surface area contributed by atoms with Gasteiger partial charge in [0.1, 0.15) is 0 Å². The molecule has 6 nitrogen and oxygen atoms in total. The van der Waals surface area contributed by atoms with Crippen molar-refractivity contribution in [3.8, 4) is 5.88 Å². The molecule has 2 rings (SSSR count). The van der Waals surface area contributed by atoms with Gasteiger partial charge in [0, 0.05) is 38.6 Å². The molecule has 0 aliphatic heterocycles. The lowest BCUT2D eigenvalue weighted by Gasteiger charge is -2.30. The van der Waals surface area contributed by atoms with Crippen LogP contribution in [0.3, 0.4) is 0 Å². The quantitative estimate of drug-likeness (QED) is 0.270. The lowest BCUT2D eigenvalue weighted by molar-refractivity contribution is 0.138. The maximum atomic E-state index is 5.75. The number of hydrogen-bond acceptors (Lipinski definition) is 4. The van der Waals surface area contributed by atoms with E-state index >= 15 is 0 Å². The Bertz CT molecular complexity index is 577. The van der Waals surface area contributed by atoms with Crippen LogP contribution >= 0.6 is 24.0 Å². The van der Waals surface area contributed by atoms with Crippen LogP contribution in [0.5, 0.6) is 5.88 Å². The Labute approximate surface area is 187 Å². The average molecular weight is 504 g/mol. The number of pyridine rings is 1. The molecular weight excluding hydrogens is 467 g/mol. The second-order valence-corrected chi connectivity index (χ2v) is 7.31. The third-order valence-corrected chi connectivity index (χ3v) is 5.18. The third kappa shape index (κ3) is 8.11. The molecule has 1 aliphatic rings. The molecule has 1 fully saturated rings. The Morgan fingerprint density at radius 3 is 2.68 bits per heavy atom. The molecule has 1 aromatic rings. The first-order chi connectivity index (χ1) is 13.2. The van der Waals surface area contributed by atoms with Gasteiger partial charge in [0.05, 0.1) is 13.2 Å². The minimum atomic E-state index is 0. The molecule has 0 aromatic carbocycles. The molecule has 1 aromatic heterocycles. The molecule has 0 saturated heterocycles. The van der Waals surface area contributed by atoms with Crippen LogP contribution in [0, 0.1) is 5.41 Å². The molecule has 2 N–H and O–H groups in total. The molecule has 1 heterocycles. The van der Waals surface area contributed by atoms with Crippen molar-refractivity contribution >= 4 is 29.9 Å². The SMILES string of the molecule is CCCOc1ncccc1CN=C(NCC)NCC1(CCOC)CCCC1.I. The van der Waals surface area contributed by atoms with Crippen molar-refractivity contribution < 1.29 is 9.47 Å². The smallest absolute Gasteiger partial charge is 0.218 e. The van der Waals surface area contributed by atoms with E-state index in [0.29, 0.717) is 24.4 Å². The van der Waals surface area contributed by atoms with Crippen LogP contribution in [-0.2, 0) is 11.3 Å². The second kappa shape index (κ2) is 14.0. The van der Waals surface area contributed by atoms with E-state index in [-0.39, 0.29) is 24.0 Å². The van der Waals surface area contributed by atoms with Crippen LogP contribution in [-0.4, -0.2) is 44.4 Å². The molecule has 1 saturated carbocycles. The fourth-order valence-corrected chi connectivity index (χ4v) is 3.61. The van der Waals surface area contributed by atoms with Crippen LogP contribution < -0.4 is 15.4 Å². The highest BCUT2D eigenvalue weighted by Gasteiger charge is 2.33. The largest absolute Gasteiger partial charge is 0.477 e. The molecule has 0 bridgehead atoms. The molecule has 1 aliphatic carbocycles. The highest BCUT2D eigenvalue weighted by atomic mass is 127. The topological polar surface area (TPSA) is 67.8 Å². The first-order valence-corrected chi connectivity index (χ1v) is 10.3. The Morgan fingerprint density at radius 1 is 1.21 bits per heavy atom. The van der Waals surface area contributed by atoms with Crippen molar-refractivity contribution in [2.75, 3.05) is 33.4 Å². The zero-order valence-corrected chi connectivity index (χ0v) is 20.0. The molecule has 7 heteroatoms. The zero-order chi connectivity index (χ0) is 19.4. The van der Waals surface area contributed by atoms with Gasteiger partial charge in [-0.2, -0.15) is 0 Å². The van der Waals surface area contributed by atoms with Crippen LogP contribution in [0.25, 0.3) is 0 Å². The van der Waals surface area contributed by atoms with Crippen molar-refractivity contribution in [2.24, 2.45) is 10.4 Å². The maximum absolute atomic E-state index is 5.75. The number of ether oxygens (including phenoxy) is 2. The van der Waals surface area contributed by atoms with Crippen molar-refractivity contribution in [3.63, 3.8) is 0 Å². The van der Waals surface area contributed by atoms with Crippen molar-refractivity contribution in [2.45, 2.75) is 58.9 Å². The number of guanidine groups is 1. The molecule has 0 radical (unpaired) electrons. The first-order valence-electron chi connectivity index (χ1n) is 10.3. The number of nitrogens with zero attached hydrogens (tertiary/aromatic N) is 2.